The van der Waals surface area contributed by atoms with Crippen LogP contribution < -0.4 is 0 Å². The van der Waals surface area contributed by atoms with Crippen molar-refractivity contribution in [3.05, 3.63) is 91.4 Å². The molecule has 0 saturated heterocycles. The van der Waals surface area contributed by atoms with Crippen molar-refractivity contribution >= 4 is 56.5 Å². The molecule has 3 N–H and O–H groups in total. The van der Waals surface area contributed by atoms with Gasteiger partial charge in [-0.05, 0) is 47.5 Å². The number of aromatic hydroxyl groups is 2. The molecule has 5 nitrogen and oxygen atoms in total. The molecule has 1 atom stereocenters. The SMILES string of the molecule is O=S(=O)(O)C(c1cccc(Cl)c1)(c1ccc(O)c(O)c1)c1cc(Cl)cc(Cl)c1Cl. The lowest BCUT2D eigenvalue weighted by molar-refractivity contribution is 0.402. The van der Waals surface area contributed by atoms with Gasteiger partial charge in [-0.1, -0.05) is 64.6 Å². The Morgan fingerprint density at radius 1 is 0.759 bits per heavy atom. The first-order valence-electron chi connectivity index (χ1n) is 7.89. The minimum atomic E-state index is -5.04. The second kappa shape index (κ2) is 7.87. The summed E-state index contributed by atoms with van der Waals surface area (Å²) in [5.41, 5.74) is -0.276. The van der Waals surface area contributed by atoms with Gasteiger partial charge in [0.1, 0.15) is 0 Å². The molecule has 29 heavy (non-hydrogen) atoms. The summed E-state index contributed by atoms with van der Waals surface area (Å²) in [6.07, 6.45) is 0. The topological polar surface area (TPSA) is 94.8 Å². The fourth-order valence-corrected chi connectivity index (χ4v) is 5.46. The second-order valence-electron chi connectivity index (χ2n) is 6.12. The lowest BCUT2D eigenvalue weighted by atomic mass is 9.83. The zero-order valence-electron chi connectivity index (χ0n) is 14.3. The summed E-state index contributed by atoms with van der Waals surface area (Å²) in [4.78, 5) is 0. The molecule has 0 amide bonds. The van der Waals surface area contributed by atoms with Crippen molar-refractivity contribution < 1.29 is 23.2 Å². The molecule has 3 aromatic carbocycles. The van der Waals surface area contributed by atoms with E-state index in [4.69, 9.17) is 46.4 Å². The van der Waals surface area contributed by atoms with Gasteiger partial charge in [0.25, 0.3) is 10.1 Å². The third kappa shape index (κ3) is 3.77. The Balaban J connectivity index is 2.60. The maximum Gasteiger partial charge on any atom is 0.283 e. The molecule has 3 rings (SSSR count). The highest BCUT2D eigenvalue weighted by Crippen LogP contribution is 2.50. The van der Waals surface area contributed by atoms with Crippen LogP contribution in [0.3, 0.4) is 0 Å². The van der Waals surface area contributed by atoms with Crippen LogP contribution in [0.5, 0.6) is 11.5 Å². The molecule has 0 spiro atoms. The van der Waals surface area contributed by atoms with E-state index in [1.165, 1.54) is 42.5 Å². The molecule has 0 aromatic heterocycles. The van der Waals surface area contributed by atoms with Gasteiger partial charge in [-0.15, -0.1) is 0 Å². The van der Waals surface area contributed by atoms with Crippen molar-refractivity contribution in [1.29, 1.82) is 0 Å². The molecule has 1 unspecified atom stereocenters. The zero-order chi connectivity index (χ0) is 21.6. The van der Waals surface area contributed by atoms with Crippen LogP contribution in [-0.4, -0.2) is 23.2 Å². The fraction of sp³-hybridized carbons (Fsp3) is 0.0526. The van der Waals surface area contributed by atoms with Gasteiger partial charge in [0.2, 0.25) is 0 Å². The summed E-state index contributed by atoms with van der Waals surface area (Å²) in [5.74, 6) is -1.10. The van der Waals surface area contributed by atoms with Gasteiger partial charge < -0.3 is 10.2 Å². The van der Waals surface area contributed by atoms with Crippen LogP contribution in [0.25, 0.3) is 0 Å². The summed E-state index contributed by atoms with van der Waals surface area (Å²) in [6, 6.07) is 11.6. The van der Waals surface area contributed by atoms with E-state index in [0.29, 0.717) is 0 Å². The minimum absolute atomic E-state index is 0.0119. The van der Waals surface area contributed by atoms with E-state index in [1.54, 1.807) is 0 Å². The summed E-state index contributed by atoms with van der Waals surface area (Å²) in [6.45, 7) is 0. The number of hydrogen-bond donors (Lipinski definition) is 3. The highest BCUT2D eigenvalue weighted by atomic mass is 35.5. The molecule has 0 bridgehead atoms. The maximum absolute atomic E-state index is 13.0. The monoisotopic (exact) mass is 492 g/mol. The third-order valence-electron chi connectivity index (χ3n) is 4.37. The van der Waals surface area contributed by atoms with Gasteiger partial charge in [0.15, 0.2) is 16.2 Å². The van der Waals surface area contributed by atoms with Crippen LogP contribution in [0, 0.1) is 0 Å². The Bertz CT molecular complexity index is 1210. The molecule has 0 saturated carbocycles. The molecular formula is C19H12Cl4O5S. The summed E-state index contributed by atoms with van der Waals surface area (Å²) >= 11 is 24.7. The molecule has 152 valence electrons. The Morgan fingerprint density at radius 2 is 1.41 bits per heavy atom. The third-order valence-corrected chi connectivity index (χ3v) is 7.09. The van der Waals surface area contributed by atoms with Crippen LogP contribution in [-0.2, 0) is 14.9 Å². The molecule has 0 aliphatic carbocycles. The average Bonchev–Trinajstić information content (AvgIpc) is 2.61. The molecule has 0 aliphatic rings. The second-order valence-corrected chi connectivity index (χ2v) is 9.34. The number of hydrogen-bond acceptors (Lipinski definition) is 4. The number of halogens is 4. The van der Waals surface area contributed by atoms with Gasteiger partial charge in [-0.25, -0.2) is 0 Å². The average molecular weight is 494 g/mol. The van der Waals surface area contributed by atoms with Gasteiger partial charge >= 0.3 is 0 Å². The molecular weight excluding hydrogens is 482 g/mol. The Morgan fingerprint density at radius 3 is 2.00 bits per heavy atom. The first-order chi connectivity index (χ1) is 13.5. The quantitative estimate of drug-likeness (QED) is 0.182. The van der Waals surface area contributed by atoms with Crippen LogP contribution in [0.15, 0.2) is 54.6 Å². The van der Waals surface area contributed by atoms with Crippen molar-refractivity contribution in [1.82, 2.24) is 0 Å². The summed E-state index contributed by atoms with van der Waals surface area (Å²) < 4.78 is 34.0. The number of rotatable bonds is 4. The molecule has 0 aliphatic heterocycles. The highest BCUT2D eigenvalue weighted by molar-refractivity contribution is 7.87. The van der Waals surface area contributed by atoms with Crippen molar-refractivity contribution in [3.63, 3.8) is 0 Å². The van der Waals surface area contributed by atoms with E-state index in [2.05, 4.69) is 0 Å². The van der Waals surface area contributed by atoms with Crippen molar-refractivity contribution in [2.75, 3.05) is 0 Å². The molecule has 10 heteroatoms. The van der Waals surface area contributed by atoms with Gasteiger partial charge in [0, 0.05) is 15.6 Å². The van der Waals surface area contributed by atoms with Gasteiger partial charge in [-0.2, -0.15) is 8.42 Å². The predicted molar refractivity (Wildman–Crippen MR) is 114 cm³/mol. The zero-order valence-corrected chi connectivity index (χ0v) is 18.1. The largest absolute Gasteiger partial charge is 0.504 e. The number of phenols is 2. The van der Waals surface area contributed by atoms with E-state index in [-0.39, 0.29) is 36.8 Å². The Hall–Kier alpha value is -1.67. The minimum Gasteiger partial charge on any atom is -0.504 e. The normalized spacial score (nSPS) is 13.8. The molecule has 0 heterocycles. The first-order valence-corrected chi connectivity index (χ1v) is 10.8. The van der Waals surface area contributed by atoms with E-state index >= 15 is 0 Å². The summed E-state index contributed by atoms with van der Waals surface area (Å²) in [5, 5.41) is 19.7. The smallest absolute Gasteiger partial charge is 0.283 e. The Kier molecular flexibility index (Phi) is 5.98. The molecule has 0 fully saturated rings. The van der Waals surface area contributed by atoms with Gasteiger partial charge in [0.05, 0.1) is 10.0 Å². The van der Waals surface area contributed by atoms with Crippen molar-refractivity contribution in [3.8, 4) is 11.5 Å². The van der Waals surface area contributed by atoms with Crippen LogP contribution in [0.4, 0.5) is 0 Å². The van der Waals surface area contributed by atoms with Crippen LogP contribution >= 0.6 is 46.4 Å². The molecule has 3 aromatic rings. The lowest BCUT2D eigenvalue weighted by Gasteiger charge is -2.33. The van der Waals surface area contributed by atoms with E-state index in [0.717, 1.165) is 12.1 Å². The van der Waals surface area contributed by atoms with Crippen molar-refractivity contribution in [2.24, 2.45) is 0 Å². The van der Waals surface area contributed by atoms with E-state index in [9.17, 15) is 23.2 Å². The maximum atomic E-state index is 13.0. The van der Waals surface area contributed by atoms with Crippen LogP contribution in [0.1, 0.15) is 16.7 Å². The van der Waals surface area contributed by atoms with Crippen molar-refractivity contribution in [2.45, 2.75) is 4.75 Å². The summed E-state index contributed by atoms with van der Waals surface area (Å²) in [7, 11) is -5.04. The van der Waals surface area contributed by atoms with E-state index in [1.807, 2.05) is 0 Å². The fourth-order valence-electron chi connectivity index (χ4n) is 3.18. The number of phenolic OH excluding ortho intramolecular Hbond substituents is 2. The Labute approximate surface area is 186 Å². The lowest BCUT2D eigenvalue weighted by Crippen LogP contribution is -2.38. The van der Waals surface area contributed by atoms with Gasteiger partial charge in [-0.3, -0.25) is 4.55 Å². The van der Waals surface area contributed by atoms with Crippen LogP contribution in [0.2, 0.25) is 20.1 Å². The highest BCUT2D eigenvalue weighted by Gasteiger charge is 2.50. The van der Waals surface area contributed by atoms with E-state index < -0.39 is 26.4 Å². The first kappa shape index (κ1) is 22.0. The standard InChI is InChI=1S/C19H12Cl4O5S/c20-12-3-1-2-10(6-12)19(29(26,27)28,11-4-5-16(24)17(25)7-11)14-8-13(21)9-15(22)18(14)23/h1-9,24-25H,(H,26,27,28). The predicted octanol–water partition coefficient (Wildman–Crippen LogP) is 5.89. The number of benzene rings is 3. The molecule has 0 radical (unpaired) electrons.